The quantitative estimate of drug-likeness (QED) is 0.148. The first-order valence-electron chi connectivity index (χ1n) is 18.8. The lowest BCUT2D eigenvalue weighted by atomic mass is 9.84. The van der Waals surface area contributed by atoms with Crippen molar-refractivity contribution in [1.29, 1.82) is 0 Å². The Labute approximate surface area is 304 Å². The third-order valence-corrected chi connectivity index (χ3v) is 11.2. The highest BCUT2D eigenvalue weighted by Crippen LogP contribution is 2.27. The number of aryl methyl sites for hydroxylation is 1. The summed E-state index contributed by atoms with van der Waals surface area (Å²) in [6, 6.07) is 9.51. The van der Waals surface area contributed by atoms with E-state index in [0.29, 0.717) is 31.4 Å². The number of hydrogen-bond acceptors (Lipinski definition) is 8. The second-order valence-corrected chi connectivity index (χ2v) is 15.8. The van der Waals surface area contributed by atoms with Gasteiger partial charge < -0.3 is 15.0 Å². The van der Waals surface area contributed by atoms with Crippen LogP contribution in [0.2, 0.25) is 0 Å². The van der Waals surface area contributed by atoms with Gasteiger partial charge in [-0.3, -0.25) is 24.1 Å². The zero-order chi connectivity index (χ0) is 36.8. The SMILES string of the molecule is CCCCN1CCCC[C@@H]1C(=O)C[C@H](C(=O)N(C)[C@H](CCc1nc(C(=O)N[C@@H](Cc2ccccc2)C[C@H](C)C(=O)OC)cs1)C(C)C)C(C)C. The Morgan fingerprint density at radius 2 is 1.78 bits per heavy atom. The number of carbonyl (C=O) groups is 4. The Bertz CT molecular complexity index is 1360. The van der Waals surface area contributed by atoms with Crippen LogP contribution in [0.3, 0.4) is 0 Å². The number of nitrogens with one attached hydrogen (secondary N) is 1. The van der Waals surface area contributed by atoms with E-state index in [-0.39, 0.29) is 71.8 Å². The van der Waals surface area contributed by atoms with Gasteiger partial charge in [-0.2, -0.15) is 0 Å². The molecular formula is C40H62N4O5S. The van der Waals surface area contributed by atoms with E-state index in [4.69, 9.17) is 4.74 Å². The first-order valence-corrected chi connectivity index (χ1v) is 19.6. The largest absolute Gasteiger partial charge is 0.469 e. The maximum atomic E-state index is 14.0. The average Bonchev–Trinajstić information content (AvgIpc) is 3.58. The predicted octanol–water partition coefficient (Wildman–Crippen LogP) is 6.99. The molecule has 0 bridgehead atoms. The van der Waals surface area contributed by atoms with Crippen molar-refractivity contribution in [3.63, 3.8) is 0 Å². The molecule has 2 amide bonds. The van der Waals surface area contributed by atoms with Gasteiger partial charge in [0, 0.05) is 43.3 Å². The molecule has 1 aromatic heterocycles. The monoisotopic (exact) mass is 710 g/mol. The predicted molar refractivity (Wildman–Crippen MR) is 201 cm³/mol. The molecule has 9 nitrogen and oxygen atoms in total. The number of amides is 2. The molecule has 0 spiro atoms. The number of Topliss-reactive ketones (excluding diaryl/α,β-unsaturated/α-hetero) is 1. The van der Waals surface area contributed by atoms with Crippen molar-refractivity contribution in [2.24, 2.45) is 23.7 Å². The number of likely N-dealkylation sites (tertiary alicyclic amines) is 1. The normalized spacial score (nSPS) is 17.6. The lowest BCUT2D eigenvalue weighted by Crippen LogP contribution is -2.48. The molecule has 1 aliphatic heterocycles. The second-order valence-electron chi connectivity index (χ2n) is 14.9. The first kappa shape index (κ1) is 41.3. The molecule has 2 heterocycles. The van der Waals surface area contributed by atoms with Gasteiger partial charge in [0.1, 0.15) is 5.69 Å². The van der Waals surface area contributed by atoms with Crippen LogP contribution in [0.25, 0.3) is 0 Å². The summed E-state index contributed by atoms with van der Waals surface area (Å²) >= 11 is 1.45. The molecule has 1 aromatic carbocycles. The number of ketones is 1. The maximum absolute atomic E-state index is 14.0. The van der Waals surface area contributed by atoms with Gasteiger partial charge in [-0.05, 0) is 69.0 Å². The number of carbonyl (C=O) groups excluding carboxylic acids is 4. The van der Waals surface area contributed by atoms with Crippen LogP contribution in [0.15, 0.2) is 35.7 Å². The van der Waals surface area contributed by atoms with Crippen LogP contribution >= 0.6 is 11.3 Å². The van der Waals surface area contributed by atoms with Crippen molar-refractivity contribution in [3.05, 3.63) is 52.0 Å². The van der Waals surface area contributed by atoms with Crippen molar-refractivity contribution in [2.45, 2.75) is 124 Å². The van der Waals surface area contributed by atoms with Gasteiger partial charge in [-0.25, -0.2) is 4.98 Å². The Kier molecular flexibility index (Phi) is 17.1. The summed E-state index contributed by atoms with van der Waals surface area (Å²) in [4.78, 5) is 62.2. The molecule has 0 saturated carbocycles. The minimum Gasteiger partial charge on any atom is -0.469 e. The molecule has 0 aliphatic carbocycles. The third kappa shape index (κ3) is 12.3. The fraction of sp³-hybridized carbons (Fsp3) is 0.675. The van der Waals surface area contributed by atoms with Gasteiger partial charge in [0.25, 0.3) is 5.91 Å². The van der Waals surface area contributed by atoms with Gasteiger partial charge >= 0.3 is 5.97 Å². The van der Waals surface area contributed by atoms with E-state index in [1.807, 2.05) is 63.1 Å². The number of methoxy groups -OCH3 is 1. The van der Waals surface area contributed by atoms with E-state index in [1.54, 1.807) is 5.38 Å². The topological polar surface area (TPSA) is 109 Å². The highest BCUT2D eigenvalue weighted by molar-refractivity contribution is 7.09. The number of thiazole rings is 1. The zero-order valence-corrected chi connectivity index (χ0v) is 32.6. The molecule has 1 fully saturated rings. The zero-order valence-electron chi connectivity index (χ0n) is 31.8. The van der Waals surface area contributed by atoms with E-state index >= 15 is 0 Å². The van der Waals surface area contributed by atoms with Gasteiger partial charge in [0.15, 0.2) is 5.78 Å². The number of benzene rings is 1. The minimum absolute atomic E-state index is 0.0350. The molecule has 1 saturated heterocycles. The Hall–Kier alpha value is -3.11. The second kappa shape index (κ2) is 20.7. The van der Waals surface area contributed by atoms with E-state index in [2.05, 4.69) is 36.0 Å². The van der Waals surface area contributed by atoms with E-state index in [1.165, 1.54) is 18.4 Å². The number of aromatic nitrogens is 1. The van der Waals surface area contributed by atoms with Crippen molar-refractivity contribution in [2.75, 3.05) is 27.2 Å². The third-order valence-electron chi connectivity index (χ3n) is 10.3. The fourth-order valence-electron chi connectivity index (χ4n) is 7.22. The molecule has 1 aliphatic rings. The lowest BCUT2D eigenvalue weighted by molar-refractivity contribution is -0.145. The number of nitrogens with zero attached hydrogens (tertiary/aromatic N) is 3. The number of unbranched alkanes of at least 4 members (excludes halogenated alkanes) is 1. The highest BCUT2D eigenvalue weighted by atomic mass is 32.1. The number of ether oxygens (including phenoxy) is 1. The van der Waals surface area contributed by atoms with Crippen LogP contribution in [-0.2, 0) is 32.0 Å². The summed E-state index contributed by atoms with van der Waals surface area (Å²) in [6.07, 6.45) is 7.93. The number of esters is 1. The smallest absolute Gasteiger partial charge is 0.308 e. The Balaban J connectivity index is 1.64. The molecule has 0 radical (unpaired) electrons. The molecule has 3 rings (SSSR count). The first-order chi connectivity index (χ1) is 23.9. The fourth-order valence-corrected chi connectivity index (χ4v) is 8.02. The lowest BCUT2D eigenvalue weighted by Gasteiger charge is -2.37. The summed E-state index contributed by atoms with van der Waals surface area (Å²) in [5.74, 6) is -0.799. The molecule has 0 unspecified atom stereocenters. The standard InChI is InChI=1S/C40H62N4O5S/c1-9-10-21-44-22-15-14-18-35(44)36(45)25-32(27(2)3)39(47)43(7)34(28(4)5)19-20-37-42-33(26-50-37)38(46)41-31(23-29(6)40(48)49-8)24-30-16-12-11-13-17-30/h11-13,16-17,26-29,31-32,34-35H,9-10,14-15,18-25H2,1-8H3,(H,41,46)/t29-,31+,32-,34+,35+/m0/s1. The Morgan fingerprint density at radius 3 is 2.42 bits per heavy atom. The van der Waals surface area contributed by atoms with Crippen LogP contribution in [0, 0.1) is 23.7 Å². The summed E-state index contributed by atoms with van der Waals surface area (Å²) in [5.41, 5.74) is 1.42. The average molecular weight is 711 g/mol. The van der Waals surface area contributed by atoms with Crippen molar-refractivity contribution < 1.29 is 23.9 Å². The molecule has 278 valence electrons. The molecule has 2 aromatic rings. The minimum atomic E-state index is -0.367. The number of rotatable bonds is 20. The van der Waals surface area contributed by atoms with Crippen LogP contribution in [-0.4, -0.2) is 83.7 Å². The Morgan fingerprint density at radius 1 is 1.06 bits per heavy atom. The van der Waals surface area contributed by atoms with Crippen molar-refractivity contribution >= 4 is 34.9 Å². The molecule has 10 heteroatoms. The molecule has 50 heavy (non-hydrogen) atoms. The van der Waals surface area contributed by atoms with Crippen molar-refractivity contribution in [1.82, 2.24) is 20.1 Å². The van der Waals surface area contributed by atoms with Crippen LogP contribution < -0.4 is 5.32 Å². The van der Waals surface area contributed by atoms with Crippen LogP contribution in [0.1, 0.15) is 114 Å². The summed E-state index contributed by atoms with van der Waals surface area (Å²) in [6.45, 7) is 14.3. The molecule has 5 atom stereocenters. The van der Waals surface area contributed by atoms with E-state index in [0.717, 1.165) is 55.8 Å². The van der Waals surface area contributed by atoms with Gasteiger partial charge in [-0.1, -0.05) is 84.7 Å². The van der Waals surface area contributed by atoms with E-state index < -0.39 is 0 Å². The maximum Gasteiger partial charge on any atom is 0.308 e. The molecular weight excluding hydrogens is 649 g/mol. The number of piperidine rings is 1. The van der Waals surface area contributed by atoms with Crippen LogP contribution in [0.4, 0.5) is 0 Å². The number of hydrogen-bond donors (Lipinski definition) is 1. The van der Waals surface area contributed by atoms with Gasteiger partial charge in [0.05, 0.1) is 24.1 Å². The van der Waals surface area contributed by atoms with E-state index in [9.17, 15) is 19.2 Å². The highest BCUT2D eigenvalue weighted by Gasteiger charge is 2.36. The summed E-state index contributed by atoms with van der Waals surface area (Å²) in [5, 5.41) is 5.73. The van der Waals surface area contributed by atoms with Gasteiger partial charge in [-0.15, -0.1) is 11.3 Å². The van der Waals surface area contributed by atoms with Gasteiger partial charge in [0.2, 0.25) is 5.91 Å². The van der Waals surface area contributed by atoms with Crippen LogP contribution in [0.5, 0.6) is 0 Å². The summed E-state index contributed by atoms with van der Waals surface area (Å²) in [7, 11) is 3.26. The summed E-state index contributed by atoms with van der Waals surface area (Å²) < 4.78 is 4.93. The molecule has 1 N–H and O–H groups in total. The van der Waals surface area contributed by atoms with Crippen molar-refractivity contribution in [3.8, 4) is 0 Å².